The summed E-state index contributed by atoms with van der Waals surface area (Å²) in [5, 5.41) is 0. The molecular formula is C9H11N2O2. The second-order valence-corrected chi connectivity index (χ2v) is 2.70. The lowest BCUT2D eigenvalue weighted by Crippen LogP contribution is -2.13. The van der Waals surface area contributed by atoms with Crippen LogP contribution >= 0.6 is 0 Å². The third-order valence-electron chi connectivity index (χ3n) is 1.89. The first-order valence-corrected chi connectivity index (χ1v) is 4.35. The van der Waals surface area contributed by atoms with Gasteiger partial charge >= 0.3 is 0 Å². The van der Waals surface area contributed by atoms with Gasteiger partial charge in [-0.1, -0.05) is 6.92 Å². The van der Waals surface area contributed by atoms with E-state index in [-0.39, 0.29) is 0 Å². The molecule has 1 aliphatic rings. The Morgan fingerprint density at radius 1 is 1.62 bits per heavy atom. The minimum absolute atomic E-state index is 0.614. The van der Waals surface area contributed by atoms with Gasteiger partial charge in [-0.2, -0.15) is 0 Å². The number of ether oxygens (including phenoxy) is 1. The van der Waals surface area contributed by atoms with Crippen molar-refractivity contribution in [3.8, 4) is 0 Å². The zero-order chi connectivity index (χ0) is 9.10. The molecule has 0 aromatic carbocycles. The van der Waals surface area contributed by atoms with E-state index < -0.39 is 0 Å². The van der Waals surface area contributed by atoms with Gasteiger partial charge in [0.05, 0.1) is 12.7 Å². The highest BCUT2D eigenvalue weighted by molar-refractivity contribution is 5.93. The fourth-order valence-corrected chi connectivity index (χ4v) is 1.28. The maximum absolute atomic E-state index is 5.34. The van der Waals surface area contributed by atoms with Crippen molar-refractivity contribution in [2.45, 2.75) is 13.3 Å². The van der Waals surface area contributed by atoms with Gasteiger partial charge in [-0.05, 0) is 6.42 Å². The van der Waals surface area contributed by atoms with E-state index in [0.29, 0.717) is 18.4 Å². The second-order valence-electron chi connectivity index (χ2n) is 2.70. The van der Waals surface area contributed by atoms with Crippen molar-refractivity contribution in [2.75, 3.05) is 13.2 Å². The van der Waals surface area contributed by atoms with Gasteiger partial charge in [0.2, 0.25) is 11.8 Å². The molecule has 0 amide bonds. The van der Waals surface area contributed by atoms with Crippen LogP contribution in [0.5, 0.6) is 0 Å². The van der Waals surface area contributed by atoms with E-state index in [1.54, 1.807) is 12.5 Å². The van der Waals surface area contributed by atoms with Crippen LogP contribution < -0.4 is 0 Å². The molecule has 1 aliphatic heterocycles. The Hall–Kier alpha value is -1.32. The van der Waals surface area contributed by atoms with Gasteiger partial charge in [-0.15, -0.1) is 0 Å². The highest BCUT2D eigenvalue weighted by atomic mass is 16.5. The number of rotatable bonds is 3. The molecule has 1 aromatic heterocycles. The smallest absolute Gasteiger partial charge is 0.211 e. The van der Waals surface area contributed by atoms with E-state index >= 15 is 0 Å². The van der Waals surface area contributed by atoms with Gasteiger partial charge in [0, 0.05) is 0 Å². The summed E-state index contributed by atoms with van der Waals surface area (Å²) in [4.78, 5) is 8.29. The van der Waals surface area contributed by atoms with E-state index in [1.165, 1.54) is 0 Å². The molecule has 4 heteroatoms. The predicted molar refractivity (Wildman–Crippen MR) is 47.4 cm³/mol. The molecule has 1 aromatic rings. The standard InChI is InChI=1S/C9H11N2O2/c1-2-7(8-10-3-5-12-8)9-11-4-6-13-9/h3,5H,2,4,6H2,1H3. The molecule has 13 heavy (non-hydrogen) atoms. The summed E-state index contributed by atoms with van der Waals surface area (Å²) >= 11 is 0. The third kappa shape index (κ3) is 1.56. The lowest BCUT2D eigenvalue weighted by molar-refractivity contribution is 0.339. The van der Waals surface area contributed by atoms with Gasteiger partial charge < -0.3 is 9.15 Å². The molecule has 4 nitrogen and oxygen atoms in total. The number of aromatic nitrogens is 1. The van der Waals surface area contributed by atoms with Crippen molar-refractivity contribution >= 4 is 5.90 Å². The lowest BCUT2D eigenvalue weighted by Gasteiger charge is -2.08. The Kier molecular flexibility index (Phi) is 2.29. The van der Waals surface area contributed by atoms with Crippen LogP contribution in [0, 0.1) is 5.92 Å². The molecule has 0 saturated heterocycles. The van der Waals surface area contributed by atoms with E-state index in [2.05, 4.69) is 9.98 Å². The molecule has 2 heterocycles. The Labute approximate surface area is 76.6 Å². The predicted octanol–water partition coefficient (Wildman–Crippen LogP) is 1.44. The third-order valence-corrected chi connectivity index (χ3v) is 1.89. The van der Waals surface area contributed by atoms with Crippen LogP contribution in [0.3, 0.4) is 0 Å². The van der Waals surface area contributed by atoms with Crippen LogP contribution in [-0.2, 0) is 4.74 Å². The van der Waals surface area contributed by atoms with Crippen molar-refractivity contribution in [2.24, 2.45) is 4.99 Å². The number of oxazole rings is 1. The van der Waals surface area contributed by atoms with Crippen molar-refractivity contribution in [3.05, 3.63) is 24.3 Å². The van der Waals surface area contributed by atoms with Crippen LogP contribution in [0.1, 0.15) is 19.2 Å². The maximum atomic E-state index is 5.34. The van der Waals surface area contributed by atoms with E-state index in [9.17, 15) is 0 Å². The van der Waals surface area contributed by atoms with E-state index in [0.717, 1.165) is 18.9 Å². The van der Waals surface area contributed by atoms with Gasteiger partial charge in [-0.25, -0.2) is 4.98 Å². The van der Waals surface area contributed by atoms with Gasteiger partial charge in [0.1, 0.15) is 18.8 Å². The monoisotopic (exact) mass is 179 g/mol. The lowest BCUT2D eigenvalue weighted by atomic mass is 10.1. The van der Waals surface area contributed by atoms with Gasteiger partial charge in [-0.3, -0.25) is 4.99 Å². The van der Waals surface area contributed by atoms with Crippen LogP contribution in [0.25, 0.3) is 0 Å². The normalized spacial score (nSPS) is 16.0. The van der Waals surface area contributed by atoms with Crippen molar-refractivity contribution in [1.82, 2.24) is 4.98 Å². The summed E-state index contributed by atoms with van der Waals surface area (Å²) in [7, 11) is 0. The second kappa shape index (κ2) is 3.60. The molecule has 0 aliphatic carbocycles. The Morgan fingerprint density at radius 2 is 2.54 bits per heavy atom. The molecule has 69 valence electrons. The first-order valence-electron chi connectivity index (χ1n) is 4.35. The molecule has 0 spiro atoms. The number of hydrogen-bond donors (Lipinski definition) is 0. The number of nitrogens with zero attached hydrogens (tertiary/aromatic N) is 2. The quantitative estimate of drug-likeness (QED) is 0.705. The summed E-state index contributed by atoms with van der Waals surface area (Å²) in [5.74, 6) is 2.25. The highest BCUT2D eigenvalue weighted by Gasteiger charge is 2.25. The van der Waals surface area contributed by atoms with Gasteiger partial charge in [0.15, 0.2) is 0 Å². The molecule has 1 radical (unpaired) electrons. The molecule has 0 atom stereocenters. The van der Waals surface area contributed by atoms with Crippen LogP contribution in [-0.4, -0.2) is 24.0 Å². The molecule has 2 rings (SSSR count). The summed E-state index contributed by atoms with van der Waals surface area (Å²) in [6, 6.07) is 0. The van der Waals surface area contributed by atoms with Crippen molar-refractivity contribution in [3.63, 3.8) is 0 Å². The molecule has 0 bridgehead atoms. The molecule has 0 fully saturated rings. The summed E-state index contributed by atoms with van der Waals surface area (Å²) in [6.45, 7) is 3.43. The highest BCUT2D eigenvalue weighted by Crippen LogP contribution is 2.20. The topological polar surface area (TPSA) is 47.6 Å². The maximum Gasteiger partial charge on any atom is 0.211 e. The Bertz CT molecular complexity index is 293. The average molecular weight is 179 g/mol. The zero-order valence-electron chi connectivity index (χ0n) is 7.49. The average Bonchev–Trinajstić information content (AvgIpc) is 2.76. The molecular weight excluding hydrogens is 168 g/mol. The number of hydrogen-bond acceptors (Lipinski definition) is 4. The minimum Gasteiger partial charge on any atom is -0.478 e. The van der Waals surface area contributed by atoms with Crippen molar-refractivity contribution < 1.29 is 9.15 Å². The Morgan fingerprint density at radius 3 is 3.08 bits per heavy atom. The fourth-order valence-electron chi connectivity index (χ4n) is 1.28. The fraction of sp³-hybridized carbons (Fsp3) is 0.444. The Balaban J connectivity index is 2.18. The molecule has 0 unspecified atom stereocenters. The van der Waals surface area contributed by atoms with Gasteiger partial charge in [0.25, 0.3) is 0 Å². The minimum atomic E-state index is 0.614. The SMILES string of the molecule is CC[C](C1=NCCO1)c1ncco1. The van der Waals surface area contributed by atoms with E-state index in [1.807, 2.05) is 6.92 Å². The van der Waals surface area contributed by atoms with E-state index in [4.69, 9.17) is 9.15 Å². The van der Waals surface area contributed by atoms with Crippen LogP contribution in [0.4, 0.5) is 0 Å². The summed E-state index contributed by atoms with van der Waals surface area (Å²) in [6.07, 6.45) is 4.00. The van der Waals surface area contributed by atoms with Crippen LogP contribution in [0.2, 0.25) is 0 Å². The van der Waals surface area contributed by atoms with Crippen molar-refractivity contribution in [1.29, 1.82) is 0 Å². The first-order chi connectivity index (χ1) is 6.42. The largest absolute Gasteiger partial charge is 0.478 e. The summed E-state index contributed by atoms with van der Waals surface area (Å²) < 4.78 is 10.5. The summed E-state index contributed by atoms with van der Waals surface area (Å²) in [5.41, 5.74) is 0. The number of aliphatic imine (C=N–C) groups is 1. The van der Waals surface area contributed by atoms with Crippen LogP contribution in [0.15, 0.2) is 21.9 Å². The zero-order valence-corrected chi connectivity index (χ0v) is 7.49. The molecule has 0 N–H and O–H groups in total. The molecule has 0 saturated carbocycles. The first kappa shape index (κ1) is 8.29.